The summed E-state index contributed by atoms with van der Waals surface area (Å²) in [6.07, 6.45) is 0. The number of guanidine groups is 1. The number of benzene rings is 2. The summed E-state index contributed by atoms with van der Waals surface area (Å²) in [6.45, 7) is 6.22. The van der Waals surface area contributed by atoms with Gasteiger partial charge in [-0.15, -0.1) is 0 Å². The molecular formula is C23H26ClN5O2. The van der Waals surface area contributed by atoms with Crippen LogP contribution in [0, 0.1) is 20.8 Å². The van der Waals surface area contributed by atoms with Gasteiger partial charge < -0.3 is 10.1 Å². The molecule has 3 aromatic rings. The average Bonchev–Trinajstić information content (AvgIpc) is 2.97. The summed E-state index contributed by atoms with van der Waals surface area (Å²) < 4.78 is 7.23. The van der Waals surface area contributed by atoms with E-state index in [2.05, 4.69) is 20.7 Å². The topological polar surface area (TPSA) is 80.5 Å². The first kappa shape index (κ1) is 22.4. The third kappa shape index (κ3) is 5.44. The Morgan fingerprint density at radius 1 is 1.19 bits per heavy atom. The number of methoxy groups -OCH3 is 1. The van der Waals surface area contributed by atoms with E-state index in [-0.39, 0.29) is 11.9 Å². The van der Waals surface area contributed by atoms with Crippen molar-refractivity contribution in [2.24, 2.45) is 12.0 Å². The van der Waals surface area contributed by atoms with E-state index in [1.807, 2.05) is 50.7 Å². The van der Waals surface area contributed by atoms with Crippen molar-refractivity contribution in [2.45, 2.75) is 27.3 Å². The Bertz CT molecular complexity index is 1140. The lowest BCUT2D eigenvalue weighted by Crippen LogP contribution is -2.36. The van der Waals surface area contributed by atoms with E-state index in [0.717, 1.165) is 22.5 Å². The number of aromatic nitrogens is 2. The average molecular weight is 440 g/mol. The second-order valence-corrected chi connectivity index (χ2v) is 7.67. The maximum absolute atomic E-state index is 12.9. The molecule has 8 heteroatoms. The van der Waals surface area contributed by atoms with Crippen LogP contribution in [-0.2, 0) is 13.6 Å². The number of aliphatic imine (C=N–C) groups is 1. The number of rotatable bonds is 5. The Hall–Kier alpha value is -3.32. The summed E-state index contributed by atoms with van der Waals surface area (Å²) >= 11 is 6.16. The van der Waals surface area contributed by atoms with Gasteiger partial charge in [-0.3, -0.25) is 14.8 Å². The first-order chi connectivity index (χ1) is 14.8. The molecule has 0 bridgehead atoms. The molecule has 0 unspecified atom stereocenters. The highest BCUT2D eigenvalue weighted by Crippen LogP contribution is 2.27. The van der Waals surface area contributed by atoms with Gasteiger partial charge in [0.1, 0.15) is 5.75 Å². The van der Waals surface area contributed by atoms with E-state index < -0.39 is 0 Å². The van der Waals surface area contributed by atoms with Crippen LogP contribution >= 0.6 is 11.6 Å². The van der Waals surface area contributed by atoms with Gasteiger partial charge in [0.15, 0.2) is 0 Å². The fourth-order valence-corrected chi connectivity index (χ4v) is 3.36. The van der Waals surface area contributed by atoms with Crippen LogP contribution in [0.2, 0.25) is 5.02 Å². The number of anilines is 1. The summed E-state index contributed by atoms with van der Waals surface area (Å²) in [7, 11) is 3.46. The zero-order valence-electron chi connectivity index (χ0n) is 18.3. The molecule has 31 heavy (non-hydrogen) atoms. The second kappa shape index (κ2) is 9.66. The number of carbonyl (C=O) groups excluding carboxylic acids is 1. The molecule has 0 aliphatic heterocycles. The molecule has 0 aliphatic rings. The molecule has 0 atom stereocenters. The maximum Gasteiger partial charge on any atom is 0.257 e. The largest absolute Gasteiger partial charge is 0.495 e. The molecule has 0 radical (unpaired) electrons. The van der Waals surface area contributed by atoms with Gasteiger partial charge >= 0.3 is 0 Å². The van der Waals surface area contributed by atoms with E-state index in [4.69, 9.17) is 16.3 Å². The highest BCUT2D eigenvalue weighted by molar-refractivity contribution is 6.31. The quantitative estimate of drug-likeness (QED) is 0.456. The molecule has 2 aromatic carbocycles. The van der Waals surface area contributed by atoms with Gasteiger partial charge in [0, 0.05) is 28.9 Å². The molecule has 1 amide bonds. The van der Waals surface area contributed by atoms with Gasteiger partial charge in [0.25, 0.3) is 5.91 Å². The second-order valence-electron chi connectivity index (χ2n) is 7.23. The highest BCUT2D eigenvalue weighted by Gasteiger charge is 2.14. The molecule has 0 aliphatic carbocycles. The summed E-state index contributed by atoms with van der Waals surface area (Å²) in [4.78, 5) is 17.5. The first-order valence-electron chi connectivity index (χ1n) is 9.80. The standard InChI is InChI=1S/C23H26ClN5O2/c1-14-7-6-8-17(11-14)22(30)27-23(25-13-19-15(2)28-29(4)16(19)3)26-20-12-18(24)9-10-21(20)31-5/h6-12H,13H2,1-5H3,(H2,25,26,27,30). The lowest BCUT2D eigenvalue weighted by atomic mass is 10.1. The molecule has 0 saturated heterocycles. The Kier molecular flexibility index (Phi) is 6.97. The van der Waals surface area contributed by atoms with Crippen LogP contribution in [0.4, 0.5) is 5.69 Å². The van der Waals surface area contributed by atoms with Crippen molar-refractivity contribution < 1.29 is 9.53 Å². The molecule has 0 saturated carbocycles. The van der Waals surface area contributed by atoms with Crippen LogP contribution in [0.3, 0.4) is 0 Å². The first-order valence-corrected chi connectivity index (χ1v) is 10.2. The molecule has 7 nitrogen and oxygen atoms in total. The Labute approximate surface area is 187 Å². The fourth-order valence-electron chi connectivity index (χ4n) is 3.19. The third-order valence-corrected chi connectivity index (χ3v) is 5.22. The predicted octanol–water partition coefficient (Wildman–Crippen LogP) is 4.41. The van der Waals surface area contributed by atoms with E-state index in [1.165, 1.54) is 0 Å². The lowest BCUT2D eigenvalue weighted by molar-refractivity contribution is 0.0977. The molecule has 1 heterocycles. The highest BCUT2D eigenvalue weighted by atomic mass is 35.5. The molecule has 3 rings (SSSR count). The third-order valence-electron chi connectivity index (χ3n) is 4.98. The Balaban J connectivity index is 1.93. The Morgan fingerprint density at radius 2 is 1.97 bits per heavy atom. The summed E-state index contributed by atoms with van der Waals surface area (Å²) in [5.74, 6) is 0.598. The van der Waals surface area contributed by atoms with Gasteiger partial charge in [0.05, 0.1) is 25.0 Å². The molecular weight excluding hydrogens is 414 g/mol. The van der Waals surface area contributed by atoms with E-state index in [0.29, 0.717) is 28.6 Å². The summed E-state index contributed by atoms with van der Waals surface area (Å²) in [5.41, 5.74) is 5.06. The van der Waals surface area contributed by atoms with Crippen molar-refractivity contribution in [3.8, 4) is 5.75 Å². The van der Waals surface area contributed by atoms with Gasteiger partial charge in [-0.2, -0.15) is 5.10 Å². The predicted molar refractivity (Wildman–Crippen MR) is 124 cm³/mol. The number of carbonyl (C=O) groups is 1. The van der Waals surface area contributed by atoms with E-state index in [1.54, 1.807) is 31.4 Å². The molecule has 0 spiro atoms. The number of ether oxygens (including phenoxy) is 1. The number of amides is 1. The number of nitrogens with zero attached hydrogens (tertiary/aromatic N) is 3. The molecule has 162 valence electrons. The maximum atomic E-state index is 12.9. The number of hydrogen-bond acceptors (Lipinski definition) is 4. The Morgan fingerprint density at radius 3 is 2.61 bits per heavy atom. The zero-order valence-corrected chi connectivity index (χ0v) is 19.0. The minimum absolute atomic E-state index is 0.268. The zero-order chi connectivity index (χ0) is 22.5. The lowest BCUT2D eigenvalue weighted by Gasteiger charge is -2.15. The number of nitrogens with one attached hydrogen (secondary N) is 2. The van der Waals surface area contributed by atoms with E-state index >= 15 is 0 Å². The minimum atomic E-state index is -0.268. The molecule has 1 aromatic heterocycles. The van der Waals surface area contributed by atoms with Crippen LogP contribution in [0.5, 0.6) is 5.75 Å². The van der Waals surface area contributed by atoms with Gasteiger partial charge in [0.2, 0.25) is 5.96 Å². The van der Waals surface area contributed by atoms with Crippen LogP contribution in [0.15, 0.2) is 47.5 Å². The summed E-state index contributed by atoms with van der Waals surface area (Å²) in [6, 6.07) is 12.6. The molecule has 0 fully saturated rings. The van der Waals surface area contributed by atoms with Crippen LogP contribution in [0.1, 0.15) is 32.9 Å². The van der Waals surface area contributed by atoms with Crippen LogP contribution < -0.4 is 15.4 Å². The SMILES string of the molecule is COc1ccc(Cl)cc1NC(=NCc1c(C)nn(C)c1C)NC(=O)c1cccc(C)c1. The monoisotopic (exact) mass is 439 g/mol. The molecule has 2 N–H and O–H groups in total. The van der Waals surface area contributed by atoms with Gasteiger partial charge in [-0.1, -0.05) is 29.3 Å². The van der Waals surface area contributed by atoms with Crippen molar-refractivity contribution >= 4 is 29.2 Å². The van der Waals surface area contributed by atoms with Crippen molar-refractivity contribution in [1.82, 2.24) is 15.1 Å². The van der Waals surface area contributed by atoms with Crippen LogP contribution in [-0.4, -0.2) is 28.8 Å². The number of halogens is 1. The smallest absolute Gasteiger partial charge is 0.257 e. The van der Waals surface area contributed by atoms with Crippen molar-refractivity contribution in [3.05, 3.63) is 75.6 Å². The van der Waals surface area contributed by atoms with Crippen molar-refractivity contribution in [3.63, 3.8) is 0 Å². The van der Waals surface area contributed by atoms with Gasteiger partial charge in [-0.05, 0) is 51.1 Å². The van der Waals surface area contributed by atoms with Gasteiger partial charge in [-0.25, -0.2) is 4.99 Å². The van der Waals surface area contributed by atoms with Crippen molar-refractivity contribution in [2.75, 3.05) is 12.4 Å². The van der Waals surface area contributed by atoms with Crippen LogP contribution in [0.25, 0.3) is 0 Å². The number of aryl methyl sites for hydroxylation is 3. The van der Waals surface area contributed by atoms with E-state index in [9.17, 15) is 4.79 Å². The van der Waals surface area contributed by atoms with Crippen molar-refractivity contribution in [1.29, 1.82) is 0 Å². The normalized spacial score (nSPS) is 11.4. The fraction of sp³-hybridized carbons (Fsp3) is 0.261. The minimum Gasteiger partial charge on any atom is -0.495 e. The summed E-state index contributed by atoms with van der Waals surface area (Å²) in [5, 5.41) is 11.0. The number of hydrogen-bond donors (Lipinski definition) is 2.